The van der Waals surface area contributed by atoms with E-state index in [2.05, 4.69) is 5.18 Å². The Bertz CT molecular complexity index is 299. The van der Waals surface area contributed by atoms with Crippen molar-refractivity contribution in [1.29, 1.82) is 0 Å². The first-order valence-corrected chi connectivity index (χ1v) is 4.86. The van der Waals surface area contributed by atoms with Crippen molar-refractivity contribution >= 4 is 5.69 Å². The number of hydrogen-bond donors (Lipinski definition) is 1. The second-order valence-electron chi connectivity index (χ2n) is 3.41. The van der Waals surface area contributed by atoms with Crippen molar-refractivity contribution in [2.75, 3.05) is 0 Å². The van der Waals surface area contributed by atoms with Crippen molar-refractivity contribution in [2.45, 2.75) is 32.3 Å². The molecule has 1 aromatic rings. The van der Waals surface area contributed by atoms with Crippen LogP contribution in [0, 0.1) is 4.91 Å². The van der Waals surface area contributed by atoms with Crippen LogP contribution in [-0.2, 0) is 6.42 Å². The predicted molar refractivity (Wildman–Crippen MR) is 56.5 cm³/mol. The lowest BCUT2D eigenvalue weighted by molar-refractivity contribution is 0.164. The molecule has 0 bridgehead atoms. The van der Waals surface area contributed by atoms with Crippen LogP contribution in [0.1, 0.15) is 25.3 Å². The minimum Gasteiger partial charge on any atom is -0.393 e. The Hall–Kier alpha value is -1.22. The number of hydrogen-bond acceptors (Lipinski definition) is 3. The molecule has 0 saturated carbocycles. The highest BCUT2D eigenvalue weighted by Gasteiger charge is 2.04. The topological polar surface area (TPSA) is 49.7 Å². The van der Waals surface area contributed by atoms with Crippen LogP contribution in [0.5, 0.6) is 0 Å². The summed E-state index contributed by atoms with van der Waals surface area (Å²) >= 11 is 0. The molecule has 0 spiro atoms. The smallest absolute Gasteiger partial charge is 0.108 e. The normalized spacial score (nSPS) is 12.4. The Morgan fingerprint density at radius 1 is 1.50 bits per heavy atom. The molecule has 0 aliphatic carbocycles. The maximum atomic E-state index is 10.3. The summed E-state index contributed by atoms with van der Waals surface area (Å²) in [5.74, 6) is 0. The van der Waals surface area contributed by atoms with Crippen molar-refractivity contribution in [3.05, 3.63) is 34.7 Å². The third kappa shape index (κ3) is 3.26. The zero-order valence-electron chi connectivity index (χ0n) is 8.31. The molecule has 3 nitrogen and oxygen atoms in total. The summed E-state index contributed by atoms with van der Waals surface area (Å²) < 4.78 is 0. The molecule has 0 aliphatic heterocycles. The van der Waals surface area contributed by atoms with Gasteiger partial charge in [-0.05, 0) is 35.7 Å². The first-order chi connectivity index (χ1) is 6.76. The molecule has 0 amide bonds. The van der Waals surface area contributed by atoms with E-state index in [0.717, 1.165) is 18.4 Å². The average molecular weight is 193 g/mol. The van der Waals surface area contributed by atoms with Gasteiger partial charge in [-0.3, -0.25) is 0 Å². The lowest BCUT2D eigenvalue weighted by Gasteiger charge is -2.08. The Labute approximate surface area is 83.7 Å². The maximum Gasteiger partial charge on any atom is 0.108 e. The largest absolute Gasteiger partial charge is 0.393 e. The van der Waals surface area contributed by atoms with Gasteiger partial charge in [-0.1, -0.05) is 25.5 Å². The van der Waals surface area contributed by atoms with E-state index >= 15 is 0 Å². The van der Waals surface area contributed by atoms with Gasteiger partial charge in [0.15, 0.2) is 0 Å². The lowest BCUT2D eigenvalue weighted by atomic mass is 10.0. The van der Waals surface area contributed by atoms with Crippen molar-refractivity contribution in [1.82, 2.24) is 0 Å². The highest BCUT2D eigenvalue weighted by atomic mass is 16.3. The molecule has 0 fully saturated rings. The van der Waals surface area contributed by atoms with Gasteiger partial charge in [-0.2, -0.15) is 0 Å². The van der Waals surface area contributed by atoms with E-state index in [-0.39, 0.29) is 6.10 Å². The molecule has 0 saturated heterocycles. The summed E-state index contributed by atoms with van der Waals surface area (Å²) in [6.07, 6.45) is 2.03. The van der Waals surface area contributed by atoms with Gasteiger partial charge in [0.1, 0.15) is 5.69 Å². The summed E-state index contributed by atoms with van der Waals surface area (Å²) in [4.78, 5) is 10.3. The molecular weight excluding hydrogens is 178 g/mol. The zero-order chi connectivity index (χ0) is 10.4. The predicted octanol–water partition coefficient (Wildman–Crippen LogP) is 2.79. The molecule has 14 heavy (non-hydrogen) atoms. The Morgan fingerprint density at radius 2 is 2.29 bits per heavy atom. The van der Waals surface area contributed by atoms with E-state index in [1.807, 2.05) is 13.0 Å². The first kappa shape index (κ1) is 10.9. The summed E-state index contributed by atoms with van der Waals surface area (Å²) in [6, 6.07) is 7.05. The molecular formula is C11H15NO2. The van der Waals surface area contributed by atoms with Crippen molar-refractivity contribution < 1.29 is 5.11 Å². The van der Waals surface area contributed by atoms with Crippen molar-refractivity contribution in [3.63, 3.8) is 0 Å². The highest BCUT2D eigenvalue weighted by Crippen LogP contribution is 2.15. The SMILES string of the molecule is CCCC(O)Cc1cccc(N=O)c1. The van der Waals surface area contributed by atoms with Crippen LogP contribution < -0.4 is 0 Å². The van der Waals surface area contributed by atoms with Crippen LogP contribution >= 0.6 is 0 Å². The minimum absolute atomic E-state index is 0.318. The maximum absolute atomic E-state index is 10.3. The van der Waals surface area contributed by atoms with Crippen molar-refractivity contribution in [2.24, 2.45) is 5.18 Å². The van der Waals surface area contributed by atoms with Crippen LogP contribution in [-0.4, -0.2) is 11.2 Å². The van der Waals surface area contributed by atoms with E-state index in [4.69, 9.17) is 0 Å². The average Bonchev–Trinajstić information content (AvgIpc) is 2.18. The molecule has 0 radical (unpaired) electrons. The van der Waals surface area contributed by atoms with E-state index in [0.29, 0.717) is 12.1 Å². The van der Waals surface area contributed by atoms with Gasteiger partial charge in [0, 0.05) is 0 Å². The lowest BCUT2D eigenvalue weighted by Crippen LogP contribution is -2.09. The standard InChI is InChI=1S/C11H15NO2/c1-2-4-11(13)8-9-5-3-6-10(7-9)12-14/h3,5-7,11,13H,2,4,8H2,1H3. The molecule has 0 heterocycles. The highest BCUT2D eigenvalue weighted by molar-refractivity contribution is 5.39. The molecule has 1 atom stereocenters. The fourth-order valence-corrected chi connectivity index (χ4v) is 1.45. The fraction of sp³-hybridized carbons (Fsp3) is 0.455. The van der Waals surface area contributed by atoms with Gasteiger partial charge in [0.2, 0.25) is 0 Å². The molecule has 1 rings (SSSR count). The second kappa shape index (κ2) is 5.50. The van der Waals surface area contributed by atoms with E-state index < -0.39 is 0 Å². The first-order valence-electron chi connectivity index (χ1n) is 4.86. The van der Waals surface area contributed by atoms with Crippen LogP contribution in [0.25, 0.3) is 0 Å². The fourth-order valence-electron chi connectivity index (χ4n) is 1.45. The van der Waals surface area contributed by atoms with Crippen LogP contribution in [0.15, 0.2) is 29.4 Å². The summed E-state index contributed by atoms with van der Waals surface area (Å²) in [5.41, 5.74) is 1.38. The Morgan fingerprint density at radius 3 is 2.93 bits per heavy atom. The van der Waals surface area contributed by atoms with E-state index in [1.165, 1.54) is 0 Å². The number of benzene rings is 1. The molecule has 0 aromatic heterocycles. The summed E-state index contributed by atoms with van der Waals surface area (Å²) in [5, 5.41) is 12.4. The molecule has 0 aliphatic rings. The third-order valence-electron chi connectivity index (χ3n) is 2.11. The Kier molecular flexibility index (Phi) is 4.26. The number of aliphatic hydroxyl groups excluding tert-OH is 1. The van der Waals surface area contributed by atoms with Crippen LogP contribution in [0.2, 0.25) is 0 Å². The van der Waals surface area contributed by atoms with Gasteiger partial charge in [-0.25, -0.2) is 0 Å². The van der Waals surface area contributed by atoms with Crippen LogP contribution in [0.4, 0.5) is 5.69 Å². The van der Waals surface area contributed by atoms with Gasteiger partial charge >= 0.3 is 0 Å². The molecule has 3 heteroatoms. The monoisotopic (exact) mass is 193 g/mol. The Balaban J connectivity index is 2.61. The quantitative estimate of drug-likeness (QED) is 0.731. The van der Waals surface area contributed by atoms with Crippen LogP contribution in [0.3, 0.4) is 0 Å². The van der Waals surface area contributed by atoms with E-state index in [1.54, 1.807) is 18.2 Å². The van der Waals surface area contributed by atoms with Gasteiger partial charge in [0.25, 0.3) is 0 Å². The molecule has 1 unspecified atom stereocenters. The molecule has 1 N–H and O–H groups in total. The van der Waals surface area contributed by atoms with E-state index in [9.17, 15) is 10.0 Å². The van der Waals surface area contributed by atoms with Gasteiger partial charge < -0.3 is 5.11 Å². The summed E-state index contributed by atoms with van der Waals surface area (Å²) in [6.45, 7) is 2.03. The van der Waals surface area contributed by atoms with Gasteiger partial charge in [0.05, 0.1) is 6.10 Å². The number of aliphatic hydroxyl groups is 1. The van der Waals surface area contributed by atoms with Crippen molar-refractivity contribution in [3.8, 4) is 0 Å². The minimum atomic E-state index is -0.318. The van der Waals surface area contributed by atoms with Gasteiger partial charge in [-0.15, -0.1) is 4.91 Å². The second-order valence-corrected chi connectivity index (χ2v) is 3.41. The number of rotatable bonds is 5. The molecule has 1 aromatic carbocycles. The third-order valence-corrected chi connectivity index (χ3v) is 2.11. The summed E-state index contributed by atoms with van der Waals surface area (Å²) in [7, 11) is 0. The number of nitroso groups, excluding NO2 is 1. The number of nitrogens with zero attached hydrogens (tertiary/aromatic N) is 1. The zero-order valence-corrected chi connectivity index (χ0v) is 8.31. The molecule has 76 valence electrons.